The Morgan fingerprint density at radius 3 is 2.68 bits per heavy atom. The predicted octanol–water partition coefficient (Wildman–Crippen LogP) is 2.91. The van der Waals surface area contributed by atoms with Gasteiger partial charge < -0.3 is 15.0 Å². The maximum atomic E-state index is 12.2. The third-order valence-corrected chi connectivity index (χ3v) is 3.88. The Labute approximate surface area is 128 Å². The second-order valence-corrected chi connectivity index (χ2v) is 5.21. The lowest BCUT2D eigenvalue weighted by Crippen LogP contribution is -2.04. The van der Waals surface area contributed by atoms with Crippen LogP contribution in [0.15, 0.2) is 24.3 Å². The molecule has 5 heteroatoms. The van der Waals surface area contributed by atoms with Crippen molar-refractivity contribution in [1.82, 2.24) is 4.98 Å². The first-order valence-electron chi connectivity index (χ1n) is 6.93. The van der Waals surface area contributed by atoms with Crippen LogP contribution in [-0.2, 0) is 9.53 Å². The first kappa shape index (κ1) is 14.1. The summed E-state index contributed by atoms with van der Waals surface area (Å²) in [5.74, 6) is -0.553. The number of aromatic nitrogens is 1. The molecule has 0 bridgehead atoms. The van der Waals surface area contributed by atoms with E-state index in [0.29, 0.717) is 11.3 Å². The lowest BCUT2D eigenvalue weighted by Gasteiger charge is -2.00. The molecule has 0 atom stereocenters. The van der Waals surface area contributed by atoms with E-state index < -0.39 is 5.97 Å². The highest BCUT2D eigenvalue weighted by Gasteiger charge is 2.25. The number of rotatable bonds is 2. The summed E-state index contributed by atoms with van der Waals surface area (Å²) in [6, 6.07) is 7.54. The van der Waals surface area contributed by atoms with E-state index in [9.17, 15) is 9.59 Å². The Morgan fingerprint density at radius 1 is 1.23 bits per heavy atom. The molecule has 0 saturated heterocycles. The van der Waals surface area contributed by atoms with Gasteiger partial charge in [-0.2, -0.15) is 0 Å². The van der Waals surface area contributed by atoms with Crippen LogP contribution in [0, 0.1) is 13.8 Å². The molecule has 2 N–H and O–H groups in total. The first-order valence-corrected chi connectivity index (χ1v) is 6.93. The van der Waals surface area contributed by atoms with Crippen LogP contribution >= 0.6 is 0 Å². The van der Waals surface area contributed by atoms with E-state index in [1.54, 1.807) is 0 Å². The van der Waals surface area contributed by atoms with E-state index in [0.717, 1.165) is 28.1 Å². The summed E-state index contributed by atoms with van der Waals surface area (Å²) in [6.07, 6.45) is 1.81. The minimum atomic E-state index is -0.415. The Balaban J connectivity index is 2.12. The highest BCUT2D eigenvalue weighted by Crippen LogP contribution is 2.34. The highest BCUT2D eigenvalue weighted by molar-refractivity contribution is 6.35. The van der Waals surface area contributed by atoms with Gasteiger partial charge in [-0.15, -0.1) is 0 Å². The van der Waals surface area contributed by atoms with Gasteiger partial charge in [0.05, 0.1) is 7.11 Å². The summed E-state index contributed by atoms with van der Waals surface area (Å²) in [5.41, 5.74) is 5.11. The van der Waals surface area contributed by atoms with Gasteiger partial charge >= 0.3 is 5.97 Å². The third kappa shape index (κ3) is 2.11. The number of para-hydroxylation sites is 1. The molecule has 1 amide bonds. The molecular weight excluding hydrogens is 280 g/mol. The molecule has 0 spiro atoms. The molecule has 3 rings (SSSR count). The van der Waals surface area contributed by atoms with Gasteiger partial charge in [0.25, 0.3) is 5.91 Å². The summed E-state index contributed by atoms with van der Waals surface area (Å²) >= 11 is 0. The Hall–Kier alpha value is -2.82. The van der Waals surface area contributed by atoms with Crippen molar-refractivity contribution < 1.29 is 14.3 Å². The normalized spacial score (nSPS) is 14.9. The predicted molar refractivity (Wildman–Crippen MR) is 84.5 cm³/mol. The minimum Gasteiger partial charge on any atom is -0.464 e. The molecule has 0 unspecified atom stereocenters. The number of aromatic amines is 1. The van der Waals surface area contributed by atoms with Gasteiger partial charge in [0.1, 0.15) is 5.69 Å². The number of ether oxygens (including phenoxy) is 1. The number of esters is 1. The number of nitrogens with one attached hydrogen (secondary N) is 2. The largest absolute Gasteiger partial charge is 0.464 e. The fourth-order valence-corrected chi connectivity index (χ4v) is 2.71. The molecule has 2 aromatic rings. The van der Waals surface area contributed by atoms with Gasteiger partial charge in [-0.25, -0.2) is 4.79 Å². The van der Waals surface area contributed by atoms with Crippen LogP contribution < -0.4 is 5.32 Å². The van der Waals surface area contributed by atoms with E-state index in [2.05, 4.69) is 10.3 Å². The maximum Gasteiger partial charge on any atom is 0.354 e. The van der Waals surface area contributed by atoms with Gasteiger partial charge in [0.15, 0.2) is 0 Å². The number of aryl methyl sites for hydroxylation is 1. The molecule has 1 aromatic heterocycles. The zero-order valence-electron chi connectivity index (χ0n) is 12.6. The Kier molecular flexibility index (Phi) is 3.33. The standard InChI is InChI=1S/C17H16N2O3/c1-9-12(10(2)18-15(9)17(21)22-3)8-13-11-6-4-5-7-14(11)19-16(13)20/h4-8,18H,1-3H3,(H,19,20)/b13-8+. The van der Waals surface area contributed by atoms with Crippen molar-refractivity contribution in [1.29, 1.82) is 0 Å². The summed E-state index contributed by atoms with van der Waals surface area (Å²) in [5, 5.41) is 2.84. The zero-order chi connectivity index (χ0) is 15.9. The van der Waals surface area contributed by atoms with Gasteiger partial charge in [-0.1, -0.05) is 18.2 Å². The first-order chi connectivity index (χ1) is 10.5. The molecule has 22 heavy (non-hydrogen) atoms. The number of amides is 1. The molecule has 2 heterocycles. The van der Waals surface area contributed by atoms with E-state index >= 15 is 0 Å². The van der Waals surface area contributed by atoms with Crippen molar-refractivity contribution in [2.75, 3.05) is 12.4 Å². The quantitative estimate of drug-likeness (QED) is 0.661. The SMILES string of the molecule is COC(=O)c1[nH]c(C)c(/C=C2/C(=O)Nc3ccccc32)c1C. The molecule has 1 aliphatic rings. The van der Waals surface area contributed by atoms with Crippen molar-refractivity contribution >= 4 is 29.2 Å². The fraction of sp³-hybridized carbons (Fsp3) is 0.176. The fourth-order valence-electron chi connectivity index (χ4n) is 2.71. The van der Waals surface area contributed by atoms with Gasteiger partial charge in [-0.3, -0.25) is 4.79 Å². The number of methoxy groups -OCH3 is 1. The van der Waals surface area contributed by atoms with Crippen molar-refractivity contribution in [3.63, 3.8) is 0 Å². The molecule has 1 aromatic carbocycles. The molecule has 0 aliphatic carbocycles. The topological polar surface area (TPSA) is 71.2 Å². The van der Waals surface area contributed by atoms with Crippen LogP contribution in [0.3, 0.4) is 0 Å². The van der Waals surface area contributed by atoms with Crippen LogP contribution in [-0.4, -0.2) is 24.0 Å². The van der Waals surface area contributed by atoms with Crippen LogP contribution in [0.4, 0.5) is 5.69 Å². The van der Waals surface area contributed by atoms with Gasteiger partial charge in [-0.05, 0) is 37.1 Å². The summed E-state index contributed by atoms with van der Waals surface area (Å²) in [7, 11) is 1.34. The maximum absolute atomic E-state index is 12.2. The lowest BCUT2D eigenvalue weighted by molar-refractivity contribution is -0.110. The summed E-state index contributed by atoms with van der Waals surface area (Å²) in [4.78, 5) is 26.9. The van der Waals surface area contributed by atoms with Crippen LogP contribution in [0.25, 0.3) is 11.6 Å². The summed E-state index contributed by atoms with van der Waals surface area (Å²) in [6.45, 7) is 3.70. The molecule has 0 radical (unpaired) electrons. The third-order valence-electron chi connectivity index (χ3n) is 3.88. The van der Waals surface area contributed by atoms with E-state index in [-0.39, 0.29) is 5.91 Å². The Bertz CT molecular complexity index is 815. The van der Waals surface area contributed by atoms with Crippen LogP contribution in [0.5, 0.6) is 0 Å². The van der Waals surface area contributed by atoms with E-state index in [1.165, 1.54) is 7.11 Å². The number of hydrogen-bond acceptors (Lipinski definition) is 3. The van der Waals surface area contributed by atoms with Crippen molar-refractivity contribution in [3.05, 3.63) is 52.3 Å². The number of hydrogen-bond donors (Lipinski definition) is 2. The van der Waals surface area contributed by atoms with Crippen molar-refractivity contribution in [2.45, 2.75) is 13.8 Å². The van der Waals surface area contributed by atoms with Gasteiger partial charge in [0, 0.05) is 22.5 Å². The molecular formula is C17H16N2O3. The molecule has 0 saturated carbocycles. The second kappa shape index (κ2) is 5.18. The number of anilines is 1. The van der Waals surface area contributed by atoms with Crippen LogP contribution in [0.1, 0.15) is 32.9 Å². The summed E-state index contributed by atoms with van der Waals surface area (Å²) < 4.78 is 4.76. The molecule has 112 valence electrons. The number of carbonyl (C=O) groups excluding carboxylic acids is 2. The molecule has 0 fully saturated rings. The average molecular weight is 296 g/mol. The minimum absolute atomic E-state index is 0.138. The number of fused-ring (bicyclic) bond motifs is 1. The number of H-pyrrole nitrogens is 1. The molecule has 1 aliphatic heterocycles. The Morgan fingerprint density at radius 2 is 1.95 bits per heavy atom. The second-order valence-electron chi connectivity index (χ2n) is 5.21. The smallest absolute Gasteiger partial charge is 0.354 e. The number of carbonyl (C=O) groups is 2. The van der Waals surface area contributed by atoms with E-state index in [1.807, 2.05) is 44.2 Å². The number of benzene rings is 1. The van der Waals surface area contributed by atoms with Crippen molar-refractivity contribution in [3.8, 4) is 0 Å². The lowest BCUT2D eigenvalue weighted by atomic mass is 10.0. The van der Waals surface area contributed by atoms with E-state index in [4.69, 9.17) is 4.74 Å². The van der Waals surface area contributed by atoms with Gasteiger partial charge in [0.2, 0.25) is 0 Å². The van der Waals surface area contributed by atoms with Crippen LogP contribution in [0.2, 0.25) is 0 Å². The highest BCUT2D eigenvalue weighted by atomic mass is 16.5. The molecule has 5 nitrogen and oxygen atoms in total. The monoisotopic (exact) mass is 296 g/mol. The average Bonchev–Trinajstić information content (AvgIpc) is 2.98. The zero-order valence-corrected chi connectivity index (χ0v) is 12.6. The van der Waals surface area contributed by atoms with Crippen molar-refractivity contribution in [2.24, 2.45) is 0 Å².